The first-order valence-electron chi connectivity index (χ1n) is 9.43. The summed E-state index contributed by atoms with van der Waals surface area (Å²) in [4.78, 5) is 12.9. The Morgan fingerprint density at radius 3 is 2.68 bits per heavy atom. The zero-order valence-electron chi connectivity index (χ0n) is 15.4. The molecule has 144 valence electrons. The van der Waals surface area contributed by atoms with Crippen LogP contribution in [-0.4, -0.2) is 35.3 Å². The molecule has 5 heteroatoms. The summed E-state index contributed by atoms with van der Waals surface area (Å²) in [6, 6.07) is 22.8. The van der Waals surface area contributed by atoms with E-state index < -0.39 is 6.09 Å². The number of fused-ring (bicyclic) bond motifs is 1. The number of carboxylic acid groups (broad SMARTS) is 1. The lowest BCUT2D eigenvalue weighted by atomic mass is 9.87. The predicted molar refractivity (Wildman–Crippen MR) is 114 cm³/mol. The molecule has 2 atom stereocenters. The van der Waals surface area contributed by atoms with E-state index in [-0.39, 0.29) is 12.0 Å². The maximum absolute atomic E-state index is 11.5. The van der Waals surface area contributed by atoms with Crippen LogP contribution in [0.25, 0.3) is 10.8 Å². The van der Waals surface area contributed by atoms with Crippen LogP contribution in [0.1, 0.15) is 23.5 Å². The molecule has 0 bridgehead atoms. The minimum absolute atomic E-state index is 0.175. The third-order valence-electron chi connectivity index (χ3n) is 5.38. The number of benzene rings is 3. The van der Waals surface area contributed by atoms with Crippen LogP contribution in [0, 0.1) is 0 Å². The Morgan fingerprint density at radius 1 is 1.07 bits per heavy atom. The lowest BCUT2D eigenvalue weighted by Gasteiger charge is -2.37. The Hall–Kier alpha value is -2.37. The Bertz CT molecular complexity index is 990. The first-order valence-corrected chi connectivity index (χ1v) is 10.2. The Kier molecular flexibility index (Phi) is 5.64. The van der Waals surface area contributed by atoms with Crippen molar-refractivity contribution >= 4 is 32.8 Å². The molecule has 0 radical (unpaired) electrons. The number of halogens is 1. The van der Waals surface area contributed by atoms with Gasteiger partial charge in [0.1, 0.15) is 0 Å². The molecule has 4 rings (SSSR count). The molecule has 3 aromatic carbocycles. The van der Waals surface area contributed by atoms with Gasteiger partial charge >= 0.3 is 6.09 Å². The summed E-state index contributed by atoms with van der Waals surface area (Å²) in [6.45, 7) is 1.38. The molecule has 0 aliphatic carbocycles. The molecule has 1 N–H and O–H groups in total. The zero-order valence-corrected chi connectivity index (χ0v) is 17.0. The van der Waals surface area contributed by atoms with Gasteiger partial charge < -0.3 is 14.7 Å². The van der Waals surface area contributed by atoms with Gasteiger partial charge in [0.2, 0.25) is 0 Å². The predicted octanol–water partition coefficient (Wildman–Crippen LogP) is 5.66. The molecule has 1 aliphatic heterocycles. The van der Waals surface area contributed by atoms with E-state index in [1.165, 1.54) is 21.2 Å². The van der Waals surface area contributed by atoms with E-state index in [0.29, 0.717) is 19.7 Å². The molecule has 1 fully saturated rings. The number of likely N-dealkylation sites (tertiary alicyclic amines) is 1. The number of rotatable bonds is 4. The second-order valence-corrected chi connectivity index (χ2v) is 8.13. The fourth-order valence-electron chi connectivity index (χ4n) is 3.91. The summed E-state index contributed by atoms with van der Waals surface area (Å²) >= 11 is 3.54. The van der Waals surface area contributed by atoms with Crippen LogP contribution in [0.4, 0.5) is 4.79 Å². The monoisotopic (exact) mass is 439 g/mol. The summed E-state index contributed by atoms with van der Waals surface area (Å²) in [7, 11) is 0. The molecule has 3 aromatic rings. The van der Waals surface area contributed by atoms with Crippen molar-refractivity contribution in [3.05, 3.63) is 82.3 Å². The van der Waals surface area contributed by atoms with E-state index in [4.69, 9.17) is 4.74 Å². The maximum atomic E-state index is 11.5. The van der Waals surface area contributed by atoms with Crippen LogP contribution in [-0.2, 0) is 11.3 Å². The molecule has 0 saturated carbocycles. The zero-order chi connectivity index (χ0) is 19.5. The largest absolute Gasteiger partial charge is 0.465 e. The second-order valence-electron chi connectivity index (χ2n) is 7.21. The van der Waals surface area contributed by atoms with Gasteiger partial charge in [0.05, 0.1) is 19.3 Å². The average molecular weight is 440 g/mol. The average Bonchev–Trinajstić information content (AvgIpc) is 2.72. The van der Waals surface area contributed by atoms with Gasteiger partial charge in [-0.25, -0.2) is 4.79 Å². The molecule has 1 amide bonds. The van der Waals surface area contributed by atoms with Gasteiger partial charge in [-0.2, -0.15) is 0 Å². The molecular weight excluding hydrogens is 418 g/mol. The number of hydrogen-bond donors (Lipinski definition) is 1. The second kappa shape index (κ2) is 8.33. The van der Waals surface area contributed by atoms with E-state index in [2.05, 4.69) is 58.4 Å². The molecular formula is C23H22BrNO3. The highest BCUT2D eigenvalue weighted by molar-refractivity contribution is 9.10. The van der Waals surface area contributed by atoms with E-state index in [9.17, 15) is 9.90 Å². The number of piperidine rings is 1. The Balaban J connectivity index is 1.54. The minimum Gasteiger partial charge on any atom is -0.465 e. The molecule has 0 spiro atoms. The highest BCUT2D eigenvalue weighted by Crippen LogP contribution is 2.32. The summed E-state index contributed by atoms with van der Waals surface area (Å²) in [6.07, 6.45) is -0.303. The number of carbonyl (C=O) groups is 1. The van der Waals surface area contributed by atoms with Crippen molar-refractivity contribution in [3.8, 4) is 0 Å². The lowest BCUT2D eigenvalue weighted by molar-refractivity contribution is -0.0199. The van der Waals surface area contributed by atoms with Gasteiger partial charge in [-0.1, -0.05) is 64.5 Å². The SMILES string of the molecule is O=C(O)N1CCC(c2cccc(Br)c2)C(OCc2ccc3ccccc3c2)C1. The topological polar surface area (TPSA) is 49.8 Å². The van der Waals surface area contributed by atoms with E-state index in [1.54, 1.807) is 0 Å². The van der Waals surface area contributed by atoms with E-state index >= 15 is 0 Å². The highest BCUT2D eigenvalue weighted by Gasteiger charge is 2.33. The Morgan fingerprint density at radius 2 is 1.89 bits per heavy atom. The first kappa shape index (κ1) is 19.0. The van der Waals surface area contributed by atoms with Crippen molar-refractivity contribution in [2.75, 3.05) is 13.1 Å². The van der Waals surface area contributed by atoms with Gasteiger partial charge in [0.25, 0.3) is 0 Å². The third kappa shape index (κ3) is 4.21. The quantitative estimate of drug-likeness (QED) is 0.570. The maximum Gasteiger partial charge on any atom is 0.407 e. The molecule has 28 heavy (non-hydrogen) atoms. The Labute approximate surface area is 172 Å². The van der Waals surface area contributed by atoms with Gasteiger partial charge in [-0.15, -0.1) is 0 Å². The summed E-state index contributed by atoms with van der Waals surface area (Å²) in [5, 5.41) is 11.8. The van der Waals surface area contributed by atoms with Crippen molar-refractivity contribution in [2.45, 2.75) is 25.0 Å². The van der Waals surface area contributed by atoms with Crippen LogP contribution in [0.15, 0.2) is 71.2 Å². The third-order valence-corrected chi connectivity index (χ3v) is 5.88. The van der Waals surface area contributed by atoms with Crippen molar-refractivity contribution in [1.29, 1.82) is 0 Å². The minimum atomic E-state index is -0.882. The van der Waals surface area contributed by atoms with E-state index in [0.717, 1.165) is 16.5 Å². The smallest absolute Gasteiger partial charge is 0.407 e. The summed E-state index contributed by atoms with van der Waals surface area (Å²) in [5.74, 6) is 0.175. The van der Waals surface area contributed by atoms with Crippen molar-refractivity contribution in [2.24, 2.45) is 0 Å². The van der Waals surface area contributed by atoms with Crippen LogP contribution in [0.3, 0.4) is 0 Å². The molecule has 2 unspecified atom stereocenters. The first-order chi connectivity index (χ1) is 13.6. The van der Waals surface area contributed by atoms with Gasteiger partial charge in [-0.05, 0) is 46.5 Å². The van der Waals surface area contributed by atoms with Gasteiger partial charge in [0.15, 0.2) is 0 Å². The fraction of sp³-hybridized carbons (Fsp3) is 0.261. The van der Waals surface area contributed by atoms with Crippen molar-refractivity contribution in [3.63, 3.8) is 0 Å². The van der Waals surface area contributed by atoms with Crippen LogP contribution >= 0.6 is 15.9 Å². The van der Waals surface area contributed by atoms with Crippen molar-refractivity contribution in [1.82, 2.24) is 4.90 Å². The molecule has 0 aromatic heterocycles. The number of nitrogens with zero attached hydrogens (tertiary/aromatic N) is 1. The fourth-order valence-corrected chi connectivity index (χ4v) is 4.33. The van der Waals surface area contributed by atoms with Crippen LogP contribution in [0.5, 0.6) is 0 Å². The molecule has 1 saturated heterocycles. The molecule has 4 nitrogen and oxygen atoms in total. The van der Waals surface area contributed by atoms with Crippen LogP contribution in [0.2, 0.25) is 0 Å². The van der Waals surface area contributed by atoms with Crippen LogP contribution < -0.4 is 0 Å². The lowest BCUT2D eigenvalue weighted by Crippen LogP contribution is -2.46. The normalized spacial score (nSPS) is 19.7. The number of amides is 1. The van der Waals surface area contributed by atoms with Crippen molar-refractivity contribution < 1.29 is 14.6 Å². The number of hydrogen-bond acceptors (Lipinski definition) is 2. The molecule has 1 aliphatic rings. The highest BCUT2D eigenvalue weighted by atomic mass is 79.9. The summed E-state index contributed by atoms with van der Waals surface area (Å²) in [5.41, 5.74) is 2.28. The summed E-state index contributed by atoms with van der Waals surface area (Å²) < 4.78 is 7.31. The number of ether oxygens (including phenoxy) is 1. The van der Waals surface area contributed by atoms with Gasteiger partial charge in [0, 0.05) is 16.9 Å². The van der Waals surface area contributed by atoms with E-state index in [1.807, 2.05) is 24.3 Å². The van der Waals surface area contributed by atoms with Gasteiger partial charge in [-0.3, -0.25) is 0 Å². The molecule has 1 heterocycles. The standard InChI is InChI=1S/C23H22BrNO3/c24-20-7-3-6-19(13-20)21-10-11-25(23(26)27)14-22(21)28-15-16-8-9-17-4-1-2-5-18(17)12-16/h1-9,12-13,21-22H,10-11,14-15H2,(H,26,27).